The standard InChI is InChI=1S/C7H13N3O4.Mg/c8-3-6(12)10-4(7(13)14)1-2-5(9)11;/h4H,1-3,8H2,(H2,9,11)(H,10,12)(H,13,14);/t4-;/m0./s1. The first-order valence-corrected chi connectivity index (χ1v) is 3.98. The fraction of sp³-hybridized carbons (Fsp3) is 0.571. The summed E-state index contributed by atoms with van der Waals surface area (Å²) in [6.45, 7) is -0.291. The normalized spacial score (nSPS) is 11.0. The molecule has 0 saturated heterocycles. The van der Waals surface area contributed by atoms with Gasteiger partial charge in [-0.15, -0.1) is 0 Å². The average Bonchev–Trinajstić information content (AvgIpc) is 2.10. The Morgan fingerprint density at radius 3 is 2.20 bits per heavy atom. The molecule has 0 fully saturated rings. The molecule has 2 amide bonds. The molecule has 0 aromatic rings. The molecule has 0 aromatic heterocycles. The molecule has 7 nitrogen and oxygen atoms in total. The molecule has 82 valence electrons. The van der Waals surface area contributed by atoms with Gasteiger partial charge in [0.25, 0.3) is 0 Å². The Morgan fingerprint density at radius 1 is 1.33 bits per heavy atom. The first-order chi connectivity index (χ1) is 6.47. The highest BCUT2D eigenvalue weighted by Gasteiger charge is 2.19. The Labute approximate surface area is 103 Å². The quantitative estimate of drug-likeness (QED) is 0.369. The summed E-state index contributed by atoms with van der Waals surface area (Å²) in [6, 6.07) is -1.11. The summed E-state index contributed by atoms with van der Waals surface area (Å²) in [6.07, 6.45) is -0.127. The Bertz CT molecular complexity index is 246. The summed E-state index contributed by atoms with van der Waals surface area (Å²) in [5.41, 5.74) is 9.81. The summed E-state index contributed by atoms with van der Waals surface area (Å²) in [5.74, 6) is -2.41. The first kappa shape index (κ1) is 16.6. The minimum atomic E-state index is -1.21. The highest BCUT2D eigenvalue weighted by molar-refractivity contribution is 5.85. The molecular weight excluding hydrogens is 214 g/mol. The van der Waals surface area contributed by atoms with Gasteiger partial charge < -0.3 is 21.9 Å². The van der Waals surface area contributed by atoms with Crippen LogP contribution in [-0.4, -0.2) is 58.5 Å². The van der Waals surface area contributed by atoms with E-state index < -0.39 is 23.8 Å². The molecule has 0 rings (SSSR count). The number of primary amides is 1. The van der Waals surface area contributed by atoms with E-state index in [1.165, 1.54) is 0 Å². The second kappa shape index (κ2) is 8.45. The SMILES string of the molecule is NCC(=O)N[C@@H](CCC(N)=O)C(=O)O.[Mg]. The van der Waals surface area contributed by atoms with Crippen LogP contribution in [0.1, 0.15) is 12.8 Å². The third-order valence-electron chi connectivity index (χ3n) is 1.50. The molecule has 0 bridgehead atoms. The zero-order chi connectivity index (χ0) is 11.1. The number of aliphatic carboxylic acids is 1. The van der Waals surface area contributed by atoms with Gasteiger partial charge in [-0.25, -0.2) is 4.79 Å². The number of nitrogens with one attached hydrogen (secondary N) is 1. The minimum Gasteiger partial charge on any atom is -0.480 e. The Kier molecular flexibility index (Phi) is 9.32. The molecule has 0 heterocycles. The maximum atomic E-state index is 10.8. The third kappa shape index (κ3) is 8.15. The molecule has 0 aliphatic rings. The van der Waals surface area contributed by atoms with Crippen LogP contribution in [0.25, 0.3) is 0 Å². The van der Waals surface area contributed by atoms with Crippen molar-refractivity contribution in [2.75, 3.05) is 6.54 Å². The molecule has 0 unspecified atom stereocenters. The molecule has 0 aliphatic heterocycles. The van der Waals surface area contributed by atoms with Gasteiger partial charge in [-0.05, 0) is 6.42 Å². The van der Waals surface area contributed by atoms with Gasteiger partial charge >= 0.3 is 5.97 Å². The van der Waals surface area contributed by atoms with Crippen LogP contribution in [0.15, 0.2) is 0 Å². The molecule has 0 saturated carbocycles. The fourth-order valence-electron chi connectivity index (χ4n) is 0.797. The van der Waals surface area contributed by atoms with Crippen molar-refractivity contribution in [2.45, 2.75) is 18.9 Å². The molecule has 0 aromatic carbocycles. The molecule has 8 heteroatoms. The van der Waals surface area contributed by atoms with Crippen molar-refractivity contribution in [1.82, 2.24) is 5.32 Å². The smallest absolute Gasteiger partial charge is 0.326 e. The lowest BCUT2D eigenvalue weighted by molar-refractivity contribution is -0.141. The van der Waals surface area contributed by atoms with E-state index >= 15 is 0 Å². The van der Waals surface area contributed by atoms with Crippen molar-refractivity contribution in [3.63, 3.8) is 0 Å². The third-order valence-corrected chi connectivity index (χ3v) is 1.50. The van der Waals surface area contributed by atoms with E-state index in [0.717, 1.165) is 0 Å². The minimum absolute atomic E-state index is 0. The molecular formula is C7H13MgN3O4. The van der Waals surface area contributed by atoms with Gasteiger partial charge in [-0.3, -0.25) is 9.59 Å². The van der Waals surface area contributed by atoms with Crippen LogP contribution in [0.2, 0.25) is 0 Å². The van der Waals surface area contributed by atoms with E-state index in [4.69, 9.17) is 16.6 Å². The number of nitrogens with two attached hydrogens (primary N) is 2. The second-order valence-corrected chi connectivity index (χ2v) is 2.67. The molecule has 6 N–H and O–H groups in total. The van der Waals surface area contributed by atoms with Gasteiger partial charge in [0.05, 0.1) is 6.54 Å². The lowest BCUT2D eigenvalue weighted by atomic mass is 10.1. The van der Waals surface area contributed by atoms with E-state index in [-0.39, 0.29) is 42.4 Å². The number of carboxylic acid groups (broad SMARTS) is 1. The molecule has 0 spiro atoms. The van der Waals surface area contributed by atoms with Crippen molar-refractivity contribution in [3.8, 4) is 0 Å². The maximum absolute atomic E-state index is 10.8. The fourth-order valence-corrected chi connectivity index (χ4v) is 0.797. The van der Waals surface area contributed by atoms with Gasteiger partial charge in [0.2, 0.25) is 11.8 Å². The van der Waals surface area contributed by atoms with Gasteiger partial charge in [-0.2, -0.15) is 0 Å². The predicted octanol–water partition coefficient (Wildman–Crippen LogP) is -2.60. The van der Waals surface area contributed by atoms with Crippen molar-refractivity contribution in [3.05, 3.63) is 0 Å². The van der Waals surface area contributed by atoms with Crippen LogP contribution in [0, 0.1) is 0 Å². The number of rotatable bonds is 6. The lowest BCUT2D eigenvalue weighted by Gasteiger charge is -2.12. The summed E-state index contributed by atoms with van der Waals surface area (Å²) >= 11 is 0. The number of hydrogen-bond acceptors (Lipinski definition) is 4. The van der Waals surface area contributed by atoms with E-state index in [1.807, 2.05) is 0 Å². The highest BCUT2D eigenvalue weighted by Crippen LogP contribution is 1.96. The number of hydrogen-bond donors (Lipinski definition) is 4. The van der Waals surface area contributed by atoms with Crippen molar-refractivity contribution < 1.29 is 19.5 Å². The van der Waals surface area contributed by atoms with Crippen molar-refractivity contribution in [2.24, 2.45) is 11.5 Å². The maximum Gasteiger partial charge on any atom is 0.326 e. The second-order valence-electron chi connectivity index (χ2n) is 2.67. The monoisotopic (exact) mass is 227 g/mol. The number of carbonyl (C=O) groups excluding carboxylic acids is 2. The first-order valence-electron chi connectivity index (χ1n) is 3.98. The lowest BCUT2D eigenvalue weighted by Crippen LogP contribution is -2.43. The predicted molar refractivity (Wildman–Crippen MR) is 52.8 cm³/mol. The molecule has 2 radical (unpaired) electrons. The largest absolute Gasteiger partial charge is 0.480 e. The van der Waals surface area contributed by atoms with Gasteiger partial charge in [0.15, 0.2) is 0 Å². The van der Waals surface area contributed by atoms with Crippen LogP contribution < -0.4 is 16.8 Å². The molecule has 0 aliphatic carbocycles. The Balaban J connectivity index is 0. The van der Waals surface area contributed by atoms with E-state index in [0.29, 0.717) is 0 Å². The summed E-state index contributed by atoms with van der Waals surface area (Å²) in [4.78, 5) is 31.7. The van der Waals surface area contributed by atoms with E-state index in [1.54, 1.807) is 0 Å². The summed E-state index contributed by atoms with van der Waals surface area (Å²) in [5, 5.41) is 10.8. The van der Waals surface area contributed by atoms with Crippen molar-refractivity contribution in [1.29, 1.82) is 0 Å². The van der Waals surface area contributed by atoms with Crippen LogP contribution >= 0.6 is 0 Å². The zero-order valence-electron chi connectivity index (χ0n) is 8.23. The molecule has 1 atom stereocenters. The average molecular weight is 228 g/mol. The van der Waals surface area contributed by atoms with Gasteiger partial charge in [-0.1, -0.05) is 0 Å². The van der Waals surface area contributed by atoms with Crippen LogP contribution in [-0.2, 0) is 14.4 Å². The Morgan fingerprint density at radius 2 is 1.87 bits per heavy atom. The number of carboxylic acids is 1. The topological polar surface area (TPSA) is 136 Å². The Hall–Kier alpha value is -0.864. The van der Waals surface area contributed by atoms with Crippen LogP contribution in [0.4, 0.5) is 0 Å². The van der Waals surface area contributed by atoms with E-state index in [2.05, 4.69) is 5.32 Å². The summed E-state index contributed by atoms with van der Waals surface area (Å²) < 4.78 is 0. The van der Waals surface area contributed by atoms with Crippen molar-refractivity contribution >= 4 is 40.8 Å². The highest BCUT2D eigenvalue weighted by atomic mass is 24.3. The number of carbonyl (C=O) groups is 3. The summed E-state index contributed by atoms with van der Waals surface area (Å²) in [7, 11) is 0. The van der Waals surface area contributed by atoms with Gasteiger partial charge in [0, 0.05) is 29.5 Å². The number of amides is 2. The van der Waals surface area contributed by atoms with Gasteiger partial charge in [0.1, 0.15) is 6.04 Å². The zero-order valence-corrected chi connectivity index (χ0v) is 9.65. The van der Waals surface area contributed by atoms with E-state index in [9.17, 15) is 14.4 Å². The molecule has 15 heavy (non-hydrogen) atoms. The van der Waals surface area contributed by atoms with Crippen LogP contribution in [0.3, 0.4) is 0 Å². The van der Waals surface area contributed by atoms with Crippen LogP contribution in [0.5, 0.6) is 0 Å².